The van der Waals surface area contributed by atoms with Gasteiger partial charge in [-0.15, -0.1) is 0 Å². The van der Waals surface area contributed by atoms with Crippen LogP contribution in [0.3, 0.4) is 0 Å². The fourth-order valence-corrected chi connectivity index (χ4v) is 12.6. The maximum absolute atomic E-state index is 5.48. The molecule has 0 fully saturated rings. The Kier molecular flexibility index (Phi) is 5.59. The van der Waals surface area contributed by atoms with Crippen molar-refractivity contribution in [1.29, 1.82) is 0 Å². The van der Waals surface area contributed by atoms with Gasteiger partial charge in [-0.25, -0.2) is 0 Å². The molecule has 0 saturated heterocycles. The molecule has 0 amide bonds. The molecule has 80 valence electrons. The third-order valence-corrected chi connectivity index (χ3v) is 14.9. The van der Waals surface area contributed by atoms with E-state index >= 15 is 0 Å². The molecule has 2 atom stereocenters. The summed E-state index contributed by atoms with van der Waals surface area (Å²) in [5, 5.41) is 0. The van der Waals surface area contributed by atoms with Crippen LogP contribution in [-0.4, -0.2) is 9.49 Å². The van der Waals surface area contributed by atoms with Gasteiger partial charge in [-0.1, -0.05) is 31.6 Å². The predicted molar refractivity (Wildman–Crippen MR) is 76.6 cm³/mol. The Morgan fingerprint density at radius 2 is 1.31 bits per heavy atom. The molecule has 0 radical (unpaired) electrons. The highest BCUT2D eigenvalue weighted by atomic mass is 33.7. The van der Waals surface area contributed by atoms with Gasteiger partial charge in [-0.05, 0) is 51.6 Å². The first-order valence-electron chi connectivity index (χ1n) is 4.07. The molecule has 0 heterocycles. The molecule has 0 rings (SSSR count). The molecule has 0 N–H and O–H groups in total. The van der Waals surface area contributed by atoms with E-state index in [2.05, 4.69) is 41.5 Å². The molecular weight excluding hydrogens is 256 g/mol. The van der Waals surface area contributed by atoms with Gasteiger partial charge in [0.25, 0.3) is 0 Å². The van der Waals surface area contributed by atoms with Crippen molar-refractivity contribution in [3.63, 3.8) is 0 Å². The minimum atomic E-state index is -0.111. The number of rotatable bonds is 2. The Labute approximate surface area is 99.6 Å². The molecule has 0 aliphatic heterocycles. The van der Waals surface area contributed by atoms with Crippen LogP contribution in [0.15, 0.2) is 0 Å². The van der Waals surface area contributed by atoms with Gasteiger partial charge in [0.2, 0.25) is 0 Å². The monoisotopic (exact) mass is 274 g/mol. The van der Waals surface area contributed by atoms with Crippen molar-refractivity contribution in [2.24, 2.45) is 0 Å². The van der Waals surface area contributed by atoms with E-state index in [4.69, 9.17) is 22.4 Å². The molecule has 0 aromatic rings. The van der Waals surface area contributed by atoms with Gasteiger partial charge >= 0.3 is 0 Å². The lowest BCUT2D eigenvalue weighted by Crippen LogP contribution is -2.24. The zero-order chi connectivity index (χ0) is 10.9. The Morgan fingerprint density at radius 1 is 0.923 bits per heavy atom. The fourth-order valence-electron chi connectivity index (χ4n) is 0.439. The smallest absolute Gasteiger partial charge is 0.0229 e. The molecule has 0 spiro atoms. The van der Waals surface area contributed by atoms with Gasteiger partial charge in [-0.3, -0.25) is 0 Å². The quantitative estimate of drug-likeness (QED) is 0.709. The predicted octanol–water partition coefficient (Wildman–Crippen LogP) is 3.31. The maximum Gasteiger partial charge on any atom is 0.0229 e. The van der Waals surface area contributed by atoms with E-state index in [1.807, 2.05) is 10.8 Å². The summed E-state index contributed by atoms with van der Waals surface area (Å²) in [6.45, 7) is 13.1. The second kappa shape index (κ2) is 5.01. The molecule has 0 bridgehead atoms. The van der Waals surface area contributed by atoms with E-state index in [1.54, 1.807) is 0 Å². The molecule has 0 saturated carbocycles. The molecule has 13 heavy (non-hydrogen) atoms. The van der Waals surface area contributed by atoms with Crippen LogP contribution in [0.5, 0.6) is 0 Å². The average molecular weight is 275 g/mol. The van der Waals surface area contributed by atoms with Crippen LogP contribution in [0.2, 0.25) is 0 Å². The summed E-state index contributed by atoms with van der Waals surface area (Å²) in [7, 11) is 1.64. The standard InChI is InChI=1S/C8H18S5/c1-7(2,3)11-13(10)12(9)8(4,5)6/h1-6H3. The zero-order valence-corrected chi connectivity index (χ0v) is 13.1. The summed E-state index contributed by atoms with van der Waals surface area (Å²) in [6, 6.07) is 0. The van der Waals surface area contributed by atoms with E-state index in [1.165, 1.54) is 0 Å². The Hall–Kier alpha value is 1.49. The Balaban J connectivity index is 4.40. The van der Waals surface area contributed by atoms with Gasteiger partial charge in [0.15, 0.2) is 0 Å². The van der Waals surface area contributed by atoms with Gasteiger partial charge in [0.1, 0.15) is 0 Å². The van der Waals surface area contributed by atoms with Crippen molar-refractivity contribution >= 4 is 49.2 Å². The van der Waals surface area contributed by atoms with Crippen LogP contribution in [-0.2, 0) is 38.4 Å². The van der Waals surface area contributed by atoms with Crippen molar-refractivity contribution in [2.75, 3.05) is 0 Å². The maximum atomic E-state index is 5.48. The first-order chi connectivity index (χ1) is 5.54. The molecule has 5 heteroatoms. The van der Waals surface area contributed by atoms with Gasteiger partial charge < -0.3 is 0 Å². The van der Waals surface area contributed by atoms with E-state index in [-0.39, 0.29) is 25.5 Å². The zero-order valence-electron chi connectivity index (χ0n) is 9.04. The van der Waals surface area contributed by atoms with Crippen LogP contribution in [0.1, 0.15) is 41.5 Å². The second-order valence-electron chi connectivity index (χ2n) is 4.75. The average Bonchev–Trinajstić information content (AvgIpc) is 1.79. The summed E-state index contributed by atoms with van der Waals surface area (Å²) in [6.07, 6.45) is 0. The van der Waals surface area contributed by atoms with E-state index < -0.39 is 0 Å². The second-order valence-corrected chi connectivity index (χ2v) is 16.3. The number of hydrogen-bond acceptors (Lipinski definition) is 3. The summed E-state index contributed by atoms with van der Waals surface area (Å²) < 4.78 is 0.415. The highest BCUT2D eigenvalue weighted by Gasteiger charge is 2.22. The van der Waals surface area contributed by atoms with Crippen molar-refractivity contribution in [1.82, 2.24) is 0 Å². The topological polar surface area (TPSA) is 0 Å². The molecule has 0 aliphatic carbocycles. The van der Waals surface area contributed by atoms with E-state index in [0.29, 0.717) is 0 Å². The van der Waals surface area contributed by atoms with Crippen molar-refractivity contribution in [2.45, 2.75) is 51.0 Å². The van der Waals surface area contributed by atoms with Crippen molar-refractivity contribution in [3.8, 4) is 0 Å². The Bertz CT molecular complexity index is 218. The molecule has 0 aromatic heterocycles. The minimum absolute atomic E-state index is 0.0897. The molecule has 0 aliphatic rings. The summed E-state index contributed by atoms with van der Waals surface area (Å²) in [5.41, 5.74) is 0. The normalized spacial score (nSPS) is 18.3. The van der Waals surface area contributed by atoms with Crippen LogP contribution in [0.25, 0.3) is 0 Å². The number of hydrogen-bond donors (Lipinski definition) is 0. The van der Waals surface area contributed by atoms with Gasteiger partial charge in [0.05, 0.1) is 0 Å². The molecule has 0 nitrogen and oxygen atoms in total. The Morgan fingerprint density at radius 3 is 1.54 bits per heavy atom. The van der Waals surface area contributed by atoms with Crippen LogP contribution >= 0.6 is 10.8 Å². The third-order valence-electron chi connectivity index (χ3n) is 0.942. The van der Waals surface area contributed by atoms with Crippen molar-refractivity contribution < 1.29 is 0 Å². The lowest BCUT2D eigenvalue weighted by molar-refractivity contribution is 0.806. The van der Waals surface area contributed by atoms with Crippen LogP contribution < -0.4 is 0 Å². The van der Waals surface area contributed by atoms with Gasteiger partial charge in [0, 0.05) is 17.0 Å². The summed E-state index contributed by atoms with van der Waals surface area (Å²) >= 11 is 10.9. The molecule has 2 unspecified atom stereocenters. The first kappa shape index (κ1) is 14.5. The van der Waals surface area contributed by atoms with Crippen LogP contribution in [0, 0.1) is 0 Å². The fraction of sp³-hybridized carbons (Fsp3) is 1.00. The van der Waals surface area contributed by atoms with Gasteiger partial charge in [-0.2, -0.15) is 0 Å². The highest BCUT2D eigenvalue weighted by molar-refractivity contribution is 9.14. The SMILES string of the molecule is CC(C)(C)SS(=S)S(=S)C(C)(C)C. The third kappa shape index (κ3) is 6.55. The summed E-state index contributed by atoms with van der Waals surface area (Å²) in [4.78, 5) is 0. The molecular formula is C8H18S5. The van der Waals surface area contributed by atoms with Crippen molar-refractivity contribution in [3.05, 3.63) is 0 Å². The van der Waals surface area contributed by atoms with Crippen LogP contribution in [0.4, 0.5) is 0 Å². The summed E-state index contributed by atoms with van der Waals surface area (Å²) in [5.74, 6) is 0. The van der Waals surface area contributed by atoms with E-state index in [9.17, 15) is 0 Å². The highest BCUT2D eigenvalue weighted by Crippen LogP contribution is 2.32. The lowest BCUT2D eigenvalue weighted by Gasteiger charge is -2.25. The molecule has 0 aromatic carbocycles. The minimum Gasteiger partial charge on any atom is -0.0727 e. The largest absolute Gasteiger partial charge is 0.0727 e. The van der Waals surface area contributed by atoms with E-state index in [0.717, 1.165) is 0 Å². The lowest BCUT2D eigenvalue weighted by atomic mass is 10.3. The first-order valence-corrected chi connectivity index (χ1v) is 10.2.